The van der Waals surface area contributed by atoms with Gasteiger partial charge >= 0.3 is 0 Å². The lowest BCUT2D eigenvalue weighted by molar-refractivity contribution is 0.0639. The van der Waals surface area contributed by atoms with Crippen molar-refractivity contribution in [1.82, 2.24) is 9.97 Å². The Morgan fingerprint density at radius 1 is 0.886 bits per heavy atom. The van der Waals surface area contributed by atoms with Crippen LogP contribution in [0.25, 0.3) is 10.9 Å². The van der Waals surface area contributed by atoms with Gasteiger partial charge in [-0.05, 0) is 68.4 Å². The molecule has 1 fully saturated rings. The molecule has 0 aliphatic carbocycles. The third-order valence-corrected chi connectivity index (χ3v) is 6.73. The molecule has 0 radical (unpaired) electrons. The van der Waals surface area contributed by atoms with Gasteiger partial charge in [0, 0.05) is 29.9 Å². The molecule has 2 aromatic heterocycles. The first-order valence-corrected chi connectivity index (χ1v) is 12.5. The van der Waals surface area contributed by atoms with E-state index in [0.717, 1.165) is 83.3 Å². The summed E-state index contributed by atoms with van der Waals surface area (Å²) in [7, 11) is 0. The highest BCUT2D eigenvalue weighted by Gasteiger charge is 2.15. The van der Waals surface area contributed by atoms with Crippen molar-refractivity contribution in [3.8, 4) is 11.5 Å². The Kier molecular flexibility index (Phi) is 7.54. The fourth-order valence-corrected chi connectivity index (χ4v) is 4.56. The molecule has 1 aliphatic rings. The minimum Gasteiger partial charge on any atom is -0.488 e. The molecule has 4 aromatic rings. The summed E-state index contributed by atoms with van der Waals surface area (Å²) < 4.78 is 17.9. The fraction of sp³-hybridized carbons (Fsp3) is 0.333. The Hall–Kier alpha value is -3.44. The van der Waals surface area contributed by atoms with Crippen LogP contribution in [-0.4, -0.2) is 23.2 Å². The van der Waals surface area contributed by atoms with Gasteiger partial charge in [0.25, 0.3) is 0 Å². The van der Waals surface area contributed by atoms with Crippen molar-refractivity contribution < 1.29 is 14.2 Å². The molecular formula is C30H32N2O3. The quantitative estimate of drug-likeness (QED) is 0.282. The molecule has 180 valence electrons. The second kappa shape index (κ2) is 11.3. The second-order valence-electron chi connectivity index (χ2n) is 9.17. The molecule has 5 nitrogen and oxygen atoms in total. The normalized spacial score (nSPS) is 14.2. The van der Waals surface area contributed by atoms with Gasteiger partial charge in [-0.25, -0.2) is 4.98 Å². The first-order chi connectivity index (χ1) is 17.3. The lowest BCUT2D eigenvalue weighted by Gasteiger charge is -2.21. The van der Waals surface area contributed by atoms with E-state index in [2.05, 4.69) is 36.2 Å². The van der Waals surface area contributed by atoms with Crippen LogP contribution in [-0.2, 0) is 24.4 Å². The van der Waals surface area contributed by atoms with Crippen LogP contribution in [0.4, 0.5) is 0 Å². The summed E-state index contributed by atoms with van der Waals surface area (Å²) in [5, 5.41) is 1.01. The third-order valence-electron chi connectivity index (χ3n) is 6.73. The van der Waals surface area contributed by atoms with Gasteiger partial charge in [0.05, 0.1) is 17.4 Å². The summed E-state index contributed by atoms with van der Waals surface area (Å²) in [6, 6.07) is 22.4. The van der Waals surface area contributed by atoms with Crippen LogP contribution in [0.5, 0.6) is 11.5 Å². The number of hydrogen-bond donors (Lipinski definition) is 0. The lowest BCUT2D eigenvalue weighted by Crippen LogP contribution is -2.16. The number of nitrogens with zero attached hydrogens (tertiary/aromatic N) is 2. The van der Waals surface area contributed by atoms with E-state index in [0.29, 0.717) is 13.2 Å². The van der Waals surface area contributed by atoms with Crippen molar-refractivity contribution in [2.45, 2.75) is 45.8 Å². The molecule has 0 saturated carbocycles. The smallest absolute Gasteiger partial charge is 0.138 e. The van der Waals surface area contributed by atoms with Gasteiger partial charge in [-0.2, -0.15) is 0 Å². The largest absolute Gasteiger partial charge is 0.488 e. The van der Waals surface area contributed by atoms with Gasteiger partial charge in [-0.1, -0.05) is 42.5 Å². The molecule has 1 saturated heterocycles. The Bertz CT molecular complexity index is 1240. The van der Waals surface area contributed by atoms with Crippen molar-refractivity contribution in [3.63, 3.8) is 0 Å². The number of benzene rings is 2. The Labute approximate surface area is 207 Å². The maximum atomic E-state index is 6.31. The van der Waals surface area contributed by atoms with E-state index in [1.807, 2.05) is 48.7 Å². The Morgan fingerprint density at radius 2 is 1.69 bits per heavy atom. The standard InChI is InChI=1S/C30H32N2O3/c1-22-29(21-34-26-14-13-25(31-19-26)12-11-23-15-17-33-18-16-23)32-28-10-6-5-9-27(28)30(22)35-20-24-7-3-2-4-8-24/h2-10,13-14,19,23H,11-12,15-18,20-21H2,1H3. The molecular weight excluding hydrogens is 436 g/mol. The van der Waals surface area contributed by atoms with Crippen molar-refractivity contribution in [3.05, 3.63) is 95.4 Å². The van der Waals surface area contributed by atoms with Crippen LogP contribution < -0.4 is 9.47 Å². The highest BCUT2D eigenvalue weighted by Crippen LogP contribution is 2.31. The van der Waals surface area contributed by atoms with Crippen molar-refractivity contribution in [1.29, 1.82) is 0 Å². The van der Waals surface area contributed by atoms with Crippen molar-refractivity contribution in [2.24, 2.45) is 5.92 Å². The summed E-state index contributed by atoms with van der Waals surface area (Å²) >= 11 is 0. The second-order valence-corrected chi connectivity index (χ2v) is 9.17. The van der Waals surface area contributed by atoms with Crippen LogP contribution in [0, 0.1) is 12.8 Å². The maximum Gasteiger partial charge on any atom is 0.138 e. The number of pyridine rings is 2. The Balaban J connectivity index is 1.26. The fourth-order valence-electron chi connectivity index (χ4n) is 4.56. The first-order valence-electron chi connectivity index (χ1n) is 12.5. The maximum absolute atomic E-state index is 6.31. The van der Waals surface area contributed by atoms with Crippen LogP contribution >= 0.6 is 0 Å². The zero-order valence-corrected chi connectivity index (χ0v) is 20.3. The van der Waals surface area contributed by atoms with Gasteiger partial charge in [-0.3, -0.25) is 4.98 Å². The monoisotopic (exact) mass is 468 g/mol. The summed E-state index contributed by atoms with van der Waals surface area (Å²) in [5.41, 5.74) is 5.02. The van der Waals surface area contributed by atoms with E-state index in [-0.39, 0.29) is 0 Å². The molecule has 0 amide bonds. The van der Waals surface area contributed by atoms with E-state index in [4.69, 9.17) is 19.2 Å². The molecule has 5 heteroatoms. The molecule has 1 aliphatic heterocycles. The number of aryl methyl sites for hydroxylation is 1. The molecule has 35 heavy (non-hydrogen) atoms. The minimum absolute atomic E-state index is 0.363. The van der Waals surface area contributed by atoms with Crippen molar-refractivity contribution in [2.75, 3.05) is 13.2 Å². The molecule has 2 aromatic carbocycles. The third kappa shape index (κ3) is 5.98. The van der Waals surface area contributed by atoms with Crippen LogP contribution in [0.3, 0.4) is 0 Å². The topological polar surface area (TPSA) is 53.5 Å². The predicted octanol–water partition coefficient (Wildman–Crippen LogP) is 6.46. The number of hydrogen-bond acceptors (Lipinski definition) is 5. The molecule has 5 rings (SSSR count). The summed E-state index contributed by atoms with van der Waals surface area (Å²) in [6.07, 6.45) is 6.32. The summed E-state index contributed by atoms with van der Waals surface area (Å²) in [6.45, 7) is 4.71. The number of rotatable bonds is 9. The van der Waals surface area contributed by atoms with Crippen LogP contribution in [0.2, 0.25) is 0 Å². The molecule has 0 N–H and O–H groups in total. The van der Waals surface area contributed by atoms with E-state index in [9.17, 15) is 0 Å². The van der Waals surface area contributed by atoms with Gasteiger partial charge in [0.1, 0.15) is 24.7 Å². The van der Waals surface area contributed by atoms with Gasteiger partial charge in [0.2, 0.25) is 0 Å². The van der Waals surface area contributed by atoms with E-state index in [1.165, 1.54) is 6.42 Å². The van der Waals surface area contributed by atoms with Gasteiger partial charge in [0.15, 0.2) is 0 Å². The Morgan fingerprint density at radius 3 is 2.49 bits per heavy atom. The number of para-hydroxylation sites is 1. The minimum atomic E-state index is 0.363. The highest BCUT2D eigenvalue weighted by atomic mass is 16.5. The predicted molar refractivity (Wildman–Crippen MR) is 138 cm³/mol. The zero-order valence-electron chi connectivity index (χ0n) is 20.3. The van der Waals surface area contributed by atoms with Gasteiger partial charge in [-0.15, -0.1) is 0 Å². The van der Waals surface area contributed by atoms with Gasteiger partial charge < -0.3 is 14.2 Å². The molecule has 0 atom stereocenters. The average molecular weight is 469 g/mol. The molecule has 3 heterocycles. The number of fused-ring (bicyclic) bond motifs is 1. The van der Waals surface area contributed by atoms with Crippen LogP contribution in [0.15, 0.2) is 72.9 Å². The summed E-state index contributed by atoms with van der Waals surface area (Å²) in [5.74, 6) is 2.36. The summed E-state index contributed by atoms with van der Waals surface area (Å²) in [4.78, 5) is 9.50. The molecule has 0 unspecified atom stereocenters. The lowest BCUT2D eigenvalue weighted by atomic mass is 9.94. The van der Waals surface area contributed by atoms with Crippen molar-refractivity contribution >= 4 is 10.9 Å². The van der Waals surface area contributed by atoms with E-state index >= 15 is 0 Å². The average Bonchev–Trinajstić information content (AvgIpc) is 2.92. The first kappa shape index (κ1) is 23.3. The zero-order chi connectivity index (χ0) is 23.9. The number of ether oxygens (including phenoxy) is 3. The van der Waals surface area contributed by atoms with E-state index in [1.54, 1.807) is 0 Å². The van der Waals surface area contributed by atoms with Crippen LogP contribution in [0.1, 0.15) is 41.8 Å². The molecule has 0 spiro atoms. The highest BCUT2D eigenvalue weighted by molar-refractivity contribution is 5.86. The molecule has 0 bridgehead atoms. The number of aromatic nitrogens is 2. The SMILES string of the molecule is Cc1c(COc2ccc(CCC3CCOCC3)nc2)nc2ccccc2c1OCc1ccccc1. The van der Waals surface area contributed by atoms with E-state index < -0.39 is 0 Å².